The zero-order chi connectivity index (χ0) is 11.3. The fourth-order valence-electron chi connectivity index (χ4n) is 1.82. The lowest BCUT2D eigenvalue weighted by atomic mass is 10.0. The second kappa shape index (κ2) is 5.91. The van der Waals surface area contributed by atoms with Crippen molar-refractivity contribution in [2.45, 2.75) is 45.6 Å². The summed E-state index contributed by atoms with van der Waals surface area (Å²) < 4.78 is 0. The molecule has 0 fully saturated rings. The average Bonchev–Trinajstić information content (AvgIpc) is 2.69. The SMILES string of the molecule is CC(NCCC1=CCCC1)C(C)C(=O)O. The van der Waals surface area contributed by atoms with Crippen LogP contribution in [0.4, 0.5) is 0 Å². The molecular formula is C12H21NO2. The molecule has 86 valence electrons. The van der Waals surface area contributed by atoms with Crippen molar-refractivity contribution in [3.8, 4) is 0 Å². The largest absolute Gasteiger partial charge is 0.481 e. The standard InChI is InChI=1S/C12H21NO2/c1-9(12(14)15)10(2)13-8-7-11-5-3-4-6-11/h5,9-10,13H,3-4,6-8H2,1-2H3,(H,14,15). The summed E-state index contributed by atoms with van der Waals surface area (Å²) >= 11 is 0. The van der Waals surface area contributed by atoms with Crippen LogP contribution in [0.5, 0.6) is 0 Å². The highest BCUT2D eigenvalue weighted by molar-refractivity contribution is 5.70. The van der Waals surface area contributed by atoms with Crippen molar-refractivity contribution < 1.29 is 9.90 Å². The number of allylic oxidation sites excluding steroid dienone is 1. The van der Waals surface area contributed by atoms with Gasteiger partial charge in [-0.2, -0.15) is 0 Å². The highest BCUT2D eigenvalue weighted by atomic mass is 16.4. The first kappa shape index (κ1) is 12.2. The summed E-state index contributed by atoms with van der Waals surface area (Å²) in [4.78, 5) is 10.7. The van der Waals surface area contributed by atoms with E-state index in [1.807, 2.05) is 6.92 Å². The zero-order valence-corrected chi connectivity index (χ0v) is 9.62. The van der Waals surface area contributed by atoms with Gasteiger partial charge in [0.15, 0.2) is 0 Å². The van der Waals surface area contributed by atoms with Crippen LogP contribution in [-0.4, -0.2) is 23.7 Å². The molecule has 1 aliphatic rings. The van der Waals surface area contributed by atoms with Crippen LogP contribution in [-0.2, 0) is 4.79 Å². The van der Waals surface area contributed by atoms with Gasteiger partial charge in [-0.15, -0.1) is 0 Å². The van der Waals surface area contributed by atoms with Crippen molar-refractivity contribution in [2.75, 3.05) is 6.54 Å². The smallest absolute Gasteiger partial charge is 0.307 e. The first-order chi connectivity index (χ1) is 7.11. The summed E-state index contributed by atoms with van der Waals surface area (Å²) in [5, 5.41) is 12.1. The maximum Gasteiger partial charge on any atom is 0.307 e. The predicted octanol–water partition coefficient (Wildman–Crippen LogP) is 2.19. The van der Waals surface area contributed by atoms with E-state index in [4.69, 9.17) is 5.11 Å². The van der Waals surface area contributed by atoms with Crippen LogP contribution >= 0.6 is 0 Å². The van der Waals surface area contributed by atoms with E-state index in [9.17, 15) is 4.79 Å². The summed E-state index contributed by atoms with van der Waals surface area (Å²) in [6, 6.07) is 0.0458. The lowest BCUT2D eigenvalue weighted by molar-refractivity contribution is -0.141. The number of carboxylic acids is 1. The Labute approximate surface area is 91.6 Å². The molecule has 2 unspecified atom stereocenters. The molecule has 0 bridgehead atoms. The molecule has 2 atom stereocenters. The first-order valence-electron chi connectivity index (χ1n) is 5.75. The minimum absolute atomic E-state index is 0.0458. The molecular weight excluding hydrogens is 190 g/mol. The van der Waals surface area contributed by atoms with Crippen LogP contribution in [0.1, 0.15) is 39.5 Å². The summed E-state index contributed by atoms with van der Waals surface area (Å²) in [7, 11) is 0. The highest BCUT2D eigenvalue weighted by Crippen LogP contribution is 2.19. The second-order valence-electron chi connectivity index (χ2n) is 4.37. The van der Waals surface area contributed by atoms with Gasteiger partial charge >= 0.3 is 5.97 Å². The summed E-state index contributed by atoms with van der Waals surface area (Å²) in [6.45, 7) is 4.57. The van der Waals surface area contributed by atoms with E-state index in [1.54, 1.807) is 6.92 Å². The molecule has 0 aliphatic heterocycles. The van der Waals surface area contributed by atoms with Crippen molar-refractivity contribution in [3.05, 3.63) is 11.6 Å². The van der Waals surface area contributed by atoms with Crippen molar-refractivity contribution in [2.24, 2.45) is 5.92 Å². The van der Waals surface area contributed by atoms with Crippen LogP contribution in [0, 0.1) is 5.92 Å². The molecule has 0 radical (unpaired) electrons. The summed E-state index contributed by atoms with van der Waals surface area (Å²) in [6.07, 6.45) is 7.11. The number of nitrogens with one attached hydrogen (secondary N) is 1. The second-order valence-corrected chi connectivity index (χ2v) is 4.37. The zero-order valence-electron chi connectivity index (χ0n) is 9.62. The van der Waals surface area contributed by atoms with Crippen molar-refractivity contribution in [3.63, 3.8) is 0 Å². The third-order valence-electron chi connectivity index (χ3n) is 3.19. The van der Waals surface area contributed by atoms with E-state index in [2.05, 4.69) is 11.4 Å². The Morgan fingerprint density at radius 1 is 1.60 bits per heavy atom. The Hall–Kier alpha value is -0.830. The number of carboxylic acid groups (broad SMARTS) is 1. The fourth-order valence-corrected chi connectivity index (χ4v) is 1.82. The molecule has 0 heterocycles. The number of hydrogen-bond acceptors (Lipinski definition) is 2. The number of carbonyl (C=O) groups is 1. The molecule has 0 saturated carbocycles. The van der Waals surface area contributed by atoms with Crippen LogP contribution in [0.25, 0.3) is 0 Å². The van der Waals surface area contributed by atoms with Crippen LogP contribution in [0.15, 0.2) is 11.6 Å². The Morgan fingerprint density at radius 3 is 2.87 bits per heavy atom. The summed E-state index contributed by atoms with van der Waals surface area (Å²) in [5.74, 6) is -1.04. The lowest BCUT2D eigenvalue weighted by Crippen LogP contribution is -2.36. The maximum atomic E-state index is 10.7. The molecule has 1 rings (SSSR count). The predicted molar refractivity (Wildman–Crippen MR) is 60.8 cm³/mol. The normalized spacial score (nSPS) is 19.7. The third kappa shape index (κ3) is 4.04. The Bertz CT molecular complexity index is 248. The van der Waals surface area contributed by atoms with Gasteiger partial charge in [-0.25, -0.2) is 0 Å². The van der Waals surface area contributed by atoms with Crippen molar-refractivity contribution >= 4 is 5.97 Å². The Morgan fingerprint density at radius 2 is 2.33 bits per heavy atom. The molecule has 15 heavy (non-hydrogen) atoms. The molecule has 3 heteroatoms. The number of rotatable bonds is 6. The van der Waals surface area contributed by atoms with Gasteiger partial charge in [0.05, 0.1) is 5.92 Å². The average molecular weight is 211 g/mol. The van der Waals surface area contributed by atoms with Gasteiger partial charge in [-0.05, 0) is 39.2 Å². The van der Waals surface area contributed by atoms with Gasteiger partial charge in [-0.3, -0.25) is 4.79 Å². The van der Waals surface area contributed by atoms with Crippen molar-refractivity contribution in [1.82, 2.24) is 5.32 Å². The van der Waals surface area contributed by atoms with Gasteiger partial charge in [0.25, 0.3) is 0 Å². The first-order valence-corrected chi connectivity index (χ1v) is 5.75. The van der Waals surface area contributed by atoms with Gasteiger partial charge in [0.2, 0.25) is 0 Å². The molecule has 1 aliphatic carbocycles. The van der Waals surface area contributed by atoms with Crippen LogP contribution in [0.2, 0.25) is 0 Å². The van der Waals surface area contributed by atoms with E-state index in [0.29, 0.717) is 0 Å². The fraction of sp³-hybridized carbons (Fsp3) is 0.750. The van der Waals surface area contributed by atoms with Crippen molar-refractivity contribution in [1.29, 1.82) is 0 Å². The van der Waals surface area contributed by atoms with Gasteiger partial charge in [0.1, 0.15) is 0 Å². The van der Waals surface area contributed by atoms with Gasteiger partial charge in [-0.1, -0.05) is 18.6 Å². The van der Waals surface area contributed by atoms with E-state index < -0.39 is 5.97 Å². The van der Waals surface area contributed by atoms with Crippen LogP contribution in [0.3, 0.4) is 0 Å². The number of hydrogen-bond donors (Lipinski definition) is 2. The molecule has 0 amide bonds. The maximum absolute atomic E-state index is 10.7. The lowest BCUT2D eigenvalue weighted by Gasteiger charge is -2.17. The van der Waals surface area contributed by atoms with E-state index >= 15 is 0 Å². The molecule has 0 aromatic heterocycles. The molecule has 3 nitrogen and oxygen atoms in total. The molecule has 0 spiro atoms. The quantitative estimate of drug-likeness (QED) is 0.662. The minimum atomic E-state index is -0.727. The Kier molecular flexibility index (Phi) is 4.82. The number of aliphatic carboxylic acids is 1. The van der Waals surface area contributed by atoms with Gasteiger partial charge < -0.3 is 10.4 Å². The minimum Gasteiger partial charge on any atom is -0.481 e. The molecule has 0 saturated heterocycles. The topological polar surface area (TPSA) is 49.3 Å². The van der Waals surface area contributed by atoms with E-state index in [1.165, 1.54) is 24.8 Å². The molecule has 2 N–H and O–H groups in total. The van der Waals surface area contributed by atoms with E-state index in [0.717, 1.165) is 13.0 Å². The highest BCUT2D eigenvalue weighted by Gasteiger charge is 2.18. The van der Waals surface area contributed by atoms with Crippen LogP contribution < -0.4 is 5.32 Å². The molecule has 0 aromatic rings. The Balaban J connectivity index is 2.16. The molecule has 0 aromatic carbocycles. The third-order valence-corrected chi connectivity index (χ3v) is 3.19. The van der Waals surface area contributed by atoms with Gasteiger partial charge in [0, 0.05) is 6.04 Å². The van der Waals surface area contributed by atoms with E-state index in [-0.39, 0.29) is 12.0 Å². The summed E-state index contributed by atoms with van der Waals surface area (Å²) in [5.41, 5.74) is 1.53. The monoisotopic (exact) mass is 211 g/mol.